The third-order valence-electron chi connectivity index (χ3n) is 4.11. The molecule has 0 aromatic carbocycles. The molecule has 0 atom stereocenters. The Balaban J connectivity index is 1.61. The van der Waals surface area contributed by atoms with Crippen molar-refractivity contribution in [1.82, 2.24) is 10.2 Å². The maximum absolute atomic E-state index is 12.4. The van der Waals surface area contributed by atoms with Gasteiger partial charge < -0.3 is 14.6 Å². The zero-order valence-corrected chi connectivity index (χ0v) is 11.3. The summed E-state index contributed by atoms with van der Waals surface area (Å²) in [6.07, 6.45) is 8.86. The van der Waals surface area contributed by atoms with Gasteiger partial charge in [0.15, 0.2) is 0 Å². The Hall–Kier alpha value is -1.29. The van der Waals surface area contributed by atoms with Crippen LogP contribution in [0, 0.1) is 0 Å². The van der Waals surface area contributed by atoms with Crippen molar-refractivity contribution in [3.8, 4) is 0 Å². The lowest BCUT2D eigenvalue weighted by atomic mass is 10.2. The van der Waals surface area contributed by atoms with Gasteiger partial charge in [-0.05, 0) is 37.8 Å². The average molecular weight is 262 g/mol. The summed E-state index contributed by atoms with van der Waals surface area (Å²) < 4.78 is 5.40. The summed E-state index contributed by atoms with van der Waals surface area (Å²) in [6.45, 7) is 1.09. The minimum absolute atomic E-state index is 0.218. The Labute approximate surface area is 114 Å². The number of hydrogen-bond acceptors (Lipinski definition) is 3. The summed E-state index contributed by atoms with van der Waals surface area (Å²) in [5.41, 5.74) is 0. The van der Waals surface area contributed by atoms with Gasteiger partial charge in [-0.2, -0.15) is 0 Å². The van der Waals surface area contributed by atoms with Crippen LogP contribution in [0.3, 0.4) is 0 Å². The fourth-order valence-corrected chi connectivity index (χ4v) is 2.83. The number of carbonyl (C=O) groups excluding carboxylic acids is 1. The predicted octanol–water partition coefficient (Wildman–Crippen LogP) is 2.30. The van der Waals surface area contributed by atoms with Gasteiger partial charge in [0.1, 0.15) is 5.76 Å². The smallest absolute Gasteiger partial charge is 0.237 e. The molecule has 2 aliphatic carbocycles. The first-order chi connectivity index (χ1) is 9.33. The predicted molar refractivity (Wildman–Crippen MR) is 72.5 cm³/mol. The topological polar surface area (TPSA) is 45.5 Å². The first kappa shape index (κ1) is 12.7. The second-order valence-electron chi connectivity index (χ2n) is 5.69. The van der Waals surface area contributed by atoms with Crippen molar-refractivity contribution in [2.24, 2.45) is 0 Å². The normalized spacial score (nSPS) is 19.8. The molecule has 2 saturated carbocycles. The number of amides is 1. The van der Waals surface area contributed by atoms with Gasteiger partial charge in [-0.3, -0.25) is 4.79 Å². The highest BCUT2D eigenvalue weighted by Crippen LogP contribution is 2.25. The van der Waals surface area contributed by atoms with Gasteiger partial charge in [-0.1, -0.05) is 12.8 Å². The van der Waals surface area contributed by atoms with E-state index in [1.54, 1.807) is 6.26 Å². The van der Waals surface area contributed by atoms with Gasteiger partial charge in [0.2, 0.25) is 5.91 Å². The molecule has 4 nitrogen and oxygen atoms in total. The molecule has 3 rings (SSSR count). The zero-order valence-electron chi connectivity index (χ0n) is 11.3. The van der Waals surface area contributed by atoms with Crippen molar-refractivity contribution in [3.63, 3.8) is 0 Å². The van der Waals surface area contributed by atoms with Crippen molar-refractivity contribution < 1.29 is 9.21 Å². The van der Waals surface area contributed by atoms with Gasteiger partial charge in [0, 0.05) is 12.1 Å². The van der Waals surface area contributed by atoms with E-state index in [-0.39, 0.29) is 5.91 Å². The molecule has 0 saturated heterocycles. The lowest BCUT2D eigenvalue weighted by Gasteiger charge is -2.28. The monoisotopic (exact) mass is 262 g/mol. The lowest BCUT2D eigenvalue weighted by molar-refractivity contribution is -0.133. The molecule has 1 aromatic rings. The number of nitrogens with zero attached hydrogens (tertiary/aromatic N) is 1. The van der Waals surface area contributed by atoms with Crippen LogP contribution in [0.4, 0.5) is 0 Å². The molecule has 2 aliphatic rings. The number of furan rings is 1. The van der Waals surface area contributed by atoms with E-state index in [1.807, 2.05) is 17.0 Å². The van der Waals surface area contributed by atoms with Crippen LogP contribution in [0.25, 0.3) is 0 Å². The Kier molecular flexibility index (Phi) is 3.87. The van der Waals surface area contributed by atoms with Crippen LogP contribution < -0.4 is 5.32 Å². The van der Waals surface area contributed by atoms with Crippen molar-refractivity contribution in [1.29, 1.82) is 0 Å². The van der Waals surface area contributed by atoms with E-state index in [1.165, 1.54) is 25.7 Å². The molecule has 0 bridgehead atoms. The third-order valence-corrected chi connectivity index (χ3v) is 4.11. The van der Waals surface area contributed by atoms with Crippen LogP contribution in [-0.2, 0) is 11.3 Å². The molecule has 1 amide bonds. The summed E-state index contributed by atoms with van der Waals surface area (Å²) in [5, 5.41) is 3.32. The zero-order chi connectivity index (χ0) is 13.1. The molecular formula is C15H22N2O2. The van der Waals surface area contributed by atoms with Crippen LogP contribution in [0.15, 0.2) is 22.8 Å². The van der Waals surface area contributed by atoms with E-state index in [2.05, 4.69) is 5.32 Å². The fraction of sp³-hybridized carbons (Fsp3) is 0.667. The first-order valence-corrected chi connectivity index (χ1v) is 7.38. The fourth-order valence-electron chi connectivity index (χ4n) is 2.83. The largest absolute Gasteiger partial charge is 0.467 e. The lowest BCUT2D eigenvalue weighted by Crippen LogP contribution is -2.43. The number of hydrogen-bond donors (Lipinski definition) is 1. The highest BCUT2D eigenvalue weighted by Gasteiger charge is 2.28. The van der Waals surface area contributed by atoms with Crippen molar-refractivity contribution in [3.05, 3.63) is 24.2 Å². The van der Waals surface area contributed by atoms with E-state index < -0.39 is 0 Å². The van der Waals surface area contributed by atoms with E-state index in [0.717, 1.165) is 18.6 Å². The molecule has 4 heteroatoms. The Morgan fingerprint density at radius 1 is 1.32 bits per heavy atom. The molecule has 1 heterocycles. The highest BCUT2D eigenvalue weighted by atomic mass is 16.3. The summed E-state index contributed by atoms with van der Waals surface area (Å²) in [5.74, 6) is 1.10. The van der Waals surface area contributed by atoms with Crippen LogP contribution in [-0.4, -0.2) is 29.4 Å². The molecule has 0 unspecified atom stereocenters. The molecular weight excluding hydrogens is 240 g/mol. The van der Waals surface area contributed by atoms with E-state index >= 15 is 0 Å². The third kappa shape index (κ3) is 3.38. The molecule has 19 heavy (non-hydrogen) atoms. The van der Waals surface area contributed by atoms with Crippen LogP contribution >= 0.6 is 0 Å². The van der Waals surface area contributed by atoms with Crippen molar-refractivity contribution in [2.75, 3.05) is 6.54 Å². The molecule has 104 valence electrons. The summed E-state index contributed by atoms with van der Waals surface area (Å²) in [7, 11) is 0. The minimum Gasteiger partial charge on any atom is -0.467 e. The Bertz CT molecular complexity index is 406. The molecule has 1 N–H and O–H groups in total. The molecule has 0 aliphatic heterocycles. The molecule has 1 aromatic heterocycles. The van der Waals surface area contributed by atoms with Crippen LogP contribution in [0.1, 0.15) is 44.3 Å². The first-order valence-electron chi connectivity index (χ1n) is 7.38. The van der Waals surface area contributed by atoms with Gasteiger partial charge in [-0.25, -0.2) is 0 Å². The standard InChI is InChI=1S/C15H22N2O2/c18-15(10-16-12-7-8-12)17(13-4-1-2-5-13)11-14-6-3-9-19-14/h3,6,9,12-13,16H,1-2,4-5,7-8,10-11H2. The SMILES string of the molecule is O=C(CNC1CC1)N(Cc1ccco1)C1CCCC1. The van der Waals surface area contributed by atoms with Gasteiger partial charge in [0.05, 0.1) is 19.4 Å². The van der Waals surface area contributed by atoms with E-state index in [0.29, 0.717) is 25.2 Å². The average Bonchev–Trinajstić information content (AvgIpc) is 2.91. The minimum atomic E-state index is 0.218. The summed E-state index contributed by atoms with van der Waals surface area (Å²) in [6, 6.07) is 4.81. The van der Waals surface area contributed by atoms with E-state index in [4.69, 9.17) is 4.42 Å². The van der Waals surface area contributed by atoms with Gasteiger partial charge >= 0.3 is 0 Å². The maximum Gasteiger partial charge on any atom is 0.237 e. The van der Waals surface area contributed by atoms with Crippen molar-refractivity contribution >= 4 is 5.91 Å². The number of carbonyl (C=O) groups is 1. The maximum atomic E-state index is 12.4. The van der Waals surface area contributed by atoms with Crippen LogP contribution in [0.5, 0.6) is 0 Å². The Morgan fingerprint density at radius 2 is 2.11 bits per heavy atom. The highest BCUT2D eigenvalue weighted by molar-refractivity contribution is 5.78. The van der Waals surface area contributed by atoms with Crippen molar-refractivity contribution in [2.45, 2.75) is 57.2 Å². The molecule has 0 spiro atoms. The van der Waals surface area contributed by atoms with Gasteiger partial charge in [-0.15, -0.1) is 0 Å². The number of nitrogens with one attached hydrogen (secondary N) is 1. The molecule has 2 fully saturated rings. The summed E-state index contributed by atoms with van der Waals surface area (Å²) >= 11 is 0. The quantitative estimate of drug-likeness (QED) is 0.855. The second-order valence-corrected chi connectivity index (χ2v) is 5.69. The van der Waals surface area contributed by atoms with Gasteiger partial charge in [0.25, 0.3) is 0 Å². The van der Waals surface area contributed by atoms with E-state index in [9.17, 15) is 4.79 Å². The second kappa shape index (κ2) is 5.78. The van der Waals surface area contributed by atoms with Crippen LogP contribution in [0.2, 0.25) is 0 Å². The molecule has 0 radical (unpaired) electrons. The number of rotatable bonds is 6. The Morgan fingerprint density at radius 3 is 2.74 bits per heavy atom. The summed E-state index contributed by atoms with van der Waals surface area (Å²) in [4.78, 5) is 14.4.